The highest BCUT2D eigenvalue weighted by Crippen LogP contribution is 2.26. The minimum Gasteiger partial charge on any atom is -0.369 e. The predicted octanol–water partition coefficient (Wildman–Crippen LogP) is 6.02. The van der Waals surface area contributed by atoms with E-state index in [1.807, 2.05) is 76.8 Å². The topological polar surface area (TPSA) is 68.2 Å². The first-order valence-electron chi connectivity index (χ1n) is 8.95. The lowest BCUT2D eigenvalue weighted by molar-refractivity contribution is 0.837. The molecule has 30 heavy (non-hydrogen) atoms. The third-order valence-electron chi connectivity index (χ3n) is 4.13. The number of hydrogen-bond acceptors (Lipinski definition) is 4. The van der Waals surface area contributed by atoms with Gasteiger partial charge >= 0.3 is 0 Å². The number of thiophene rings is 1. The van der Waals surface area contributed by atoms with Crippen molar-refractivity contribution in [2.45, 2.75) is 10.8 Å². The maximum Gasteiger partial charge on any atom is 0.199 e. The number of nitrogens with one attached hydrogen (secondary N) is 1. The van der Waals surface area contributed by atoms with Gasteiger partial charge in [0.25, 0.3) is 0 Å². The van der Waals surface area contributed by atoms with E-state index in [1.54, 1.807) is 11.3 Å². The number of halogens is 2. The fourth-order valence-corrected chi connectivity index (χ4v) is 4.34. The second-order valence-corrected chi connectivity index (χ2v) is 9.18. The molecule has 4 rings (SSSR count). The summed E-state index contributed by atoms with van der Waals surface area (Å²) in [6, 6.07) is 21.2. The van der Waals surface area contributed by atoms with E-state index >= 15 is 0 Å². The van der Waals surface area contributed by atoms with Crippen LogP contribution in [0.25, 0.3) is 16.9 Å². The molecular weight excluding hydrogens is 457 g/mol. The second-order valence-electron chi connectivity index (χ2n) is 6.25. The average Bonchev–Trinajstić information content (AvgIpc) is 3.42. The van der Waals surface area contributed by atoms with Crippen LogP contribution in [0.2, 0.25) is 10.0 Å². The number of nitrogens with zero attached hydrogens (tertiary/aromatic N) is 3. The van der Waals surface area contributed by atoms with Crippen LogP contribution >= 0.6 is 46.5 Å². The van der Waals surface area contributed by atoms with Crippen LogP contribution in [0.5, 0.6) is 0 Å². The molecule has 0 fully saturated rings. The summed E-state index contributed by atoms with van der Waals surface area (Å²) in [7, 11) is 0. The van der Waals surface area contributed by atoms with Gasteiger partial charge < -0.3 is 5.73 Å². The normalized spacial score (nSPS) is 11.6. The summed E-state index contributed by atoms with van der Waals surface area (Å²) >= 11 is 15.2. The molecule has 0 saturated carbocycles. The lowest BCUT2D eigenvalue weighted by atomic mass is 10.1. The molecule has 0 saturated heterocycles. The molecule has 0 atom stereocenters. The Morgan fingerprint density at radius 2 is 1.77 bits per heavy atom. The monoisotopic (exact) mass is 473 g/mol. The number of aliphatic imine (C=N–C) groups is 1. The Hall–Kier alpha value is -2.45. The van der Waals surface area contributed by atoms with Gasteiger partial charge in [-0.1, -0.05) is 41.4 Å². The van der Waals surface area contributed by atoms with Crippen molar-refractivity contribution in [2.24, 2.45) is 10.7 Å². The van der Waals surface area contributed by atoms with Gasteiger partial charge in [0.2, 0.25) is 0 Å². The quantitative estimate of drug-likeness (QED) is 0.204. The number of hydrogen-bond donors (Lipinski definition) is 2. The maximum atomic E-state index is 6.05. The summed E-state index contributed by atoms with van der Waals surface area (Å²) in [5.74, 6) is 0.350. The largest absolute Gasteiger partial charge is 0.369 e. The van der Waals surface area contributed by atoms with Gasteiger partial charge in [-0.25, -0.2) is 9.67 Å². The molecule has 0 unspecified atom stereocenters. The second kappa shape index (κ2) is 9.57. The zero-order valence-corrected chi connectivity index (χ0v) is 18.8. The van der Waals surface area contributed by atoms with E-state index in [4.69, 9.17) is 34.0 Å². The Kier molecular flexibility index (Phi) is 6.64. The van der Waals surface area contributed by atoms with Crippen molar-refractivity contribution in [3.63, 3.8) is 0 Å². The van der Waals surface area contributed by atoms with Crippen molar-refractivity contribution >= 4 is 52.4 Å². The Balaban J connectivity index is 1.59. The van der Waals surface area contributed by atoms with Crippen LogP contribution < -0.4 is 10.5 Å². The highest BCUT2D eigenvalue weighted by molar-refractivity contribution is 7.99. The van der Waals surface area contributed by atoms with Crippen LogP contribution in [0, 0.1) is 0 Å². The third kappa shape index (κ3) is 5.17. The molecule has 0 aliphatic carbocycles. The van der Waals surface area contributed by atoms with Crippen LogP contribution in [0.3, 0.4) is 0 Å². The molecule has 0 spiro atoms. The van der Waals surface area contributed by atoms with E-state index in [0.717, 1.165) is 26.8 Å². The first kappa shape index (κ1) is 20.8. The molecule has 0 amide bonds. The third-order valence-corrected chi connectivity index (χ3v) is 6.49. The number of benzene rings is 2. The van der Waals surface area contributed by atoms with Crippen molar-refractivity contribution in [3.8, 4) is 16.9 Å². The average molecular weight is 474 g/mol. The first-order valence-corrected chi connectivity index (χ1v) is 11.4. The van der Waals surface area contributed by atoms with Gasteiger partial charge in [-0.15, -0.1) is 11.3 Å². The van der Waals surface area contributed by atoms with Gasteiger partial charge in [0.1, 0.15) is 0 Å². The van der Waals surface area contributed by atoms with Gasteiger partial charge in [-0.3, -0.25) is 4.72 Å². The van der Waals surface area contributed by atoms with E-state index in [1.165, 1.54) is 11.9 Å². The van der Waals surface area contributed by atoms with Gasteiger partial charge in [0.05, 0.1) is 27.8 Å². The summed E-state index contributed by atoms with van der Waals surface area (Å²) in [6.07, 6.45) is 0. The lowest BCUT2D eigenvalue weighted by Crippen LogP contribution is -2.25. The molecule has 0 aliphatic heterocycles. The molecule has 3 N–H and O–H groups in total. The van der Waals surface area contributed by atoms with Crippen LogP contribution in [0.15, 0.2) is 81.3 Å². The summed E-state index contributed by atoms with van der Waals surface area (Å²) in [5.41, 5.74) is 9.62. The van der Waals surface area contributed by atoms with Crippen molar-refractivity contribution < 1.29 is 0 Å². The molecule has 2 aromatic carbocycles. The SMILES string of the molecule is NC(=NCc1cc(-c2ccc(Cl)cc2)n(-c2ccc(Cl)cc2)n1)NSc1cccs1. The Morgan fingerprint density at radius 3 is 2.43 bits per heavy atom. The van der Waals surface area contributed by atoms with Crippen molar-refractivity contribution in [1.82, 2.24) is 14.5 Å². The molecule has 4 aromatic rings. The van der Waals surface area contributed by atoms with Gasteiger partial charge in [0, 0.05) is 15.6 Å². The maximum absolute atomic E-state index is 6.05. The van der Waals surface area contributed by atoms with Crippen LogP contribution in [0.1, 0.15) is 5.69 Å². The highest BCUT2D eigenvalue weighted by atomic mass is 35.5. The molecule has 5 nitrogen and oxygen atoms in total. The number of guanidine groups is 1. The smallest absolute Gasteiger partial charge is 0.199 e. The number of nitrogens with two attached hydrogens (primary N) is 1. The fraction of sp³-hybridized carbons (Fsp3) is 0.0476. The Bertz CT molecular complexity index is 1070. The van der Waals surface area contributed by atoms with Crippen LogP contribution in [-0.2, 0) is 6.54 Å². The predicted molar refractivity (Wildman–Crippen MR) is 128 cm³/mol. The summed E-state index contributed by atoms with van der Waals surface area (Å²) in [6.45, 7) is 0.352. The molecule has 9 heteroatoms. The van der Waals surface area contributed by atoms with E-state index in [9.17, 15) is 0 Å². The highest BCUT2D eigenvalue weighted by Gasteiger charge is 2.12. The van der Waals surface area contributed by atoms with E-state index < -0.39 is 0 Å². The standard InChI is InChI=1S/C21H17Cl2N5S2/c22-15-5-3-14(4-6-15)19-12-17(26-28(19)18-9-7-16(23)8-10-18)13-25-21(24)27-30-20-2-1-11-29-20/h1-12H,13H2,(H3,24,25,27). The zero-order chi connectivity index (χ0) is 20.9. The summed E-state index contributed by atoms with van der Waals surface area (Å²) in [4.78, 5) is 4.41. The molecule has 2 heterocycles. The van der Waals surface area contributed by atoms with E-state index in [2.05, 4.69) is 9.71 Å². The molecule has 0 bridgehead atoms. The summed E-state index contributed by atoms with van der Waals surface area (Å²) < 4.78 is 6.03. The molecule has 0 aliphatic rings. The van der Waals surface area contributed by atoms with Gasteiger partial charge in [-0.05, 0) is 65.9 Å². The summed E-state index contributed by atoms with van der Waals surface area (Å²) in [5, 5.41) is 8.10. The van der Waals surface area contributed by atoms with Crippen molar-refractivity contribution in [2.75, 3.05) is 0 Å². The Labute approximate surface area is 192 Å². The molecule has 2 aromatic heterocycles. The minimum absolute atomic E-state index is 0.350. The number of rotatable bonds is 6. The van der Waals surface area contributed by atoms with Crippen LogP contribution in [-0.4, -0.2) is 15.7 Å². The van der Waals surface area contributed by atoms with Crippen LogP contribution in [0.4, 0.5) is 0 Å². The Morgan fingerprint density at radius 1 is 1.07 bits per heavy atom. The van der Waals surface area contributed by atoms with E-state index in [0.29, 0.717) is 22.5 Å². The first-order chi connectivity index (χ1) is 14.6. The molecular formula is C21H17Cl2N5S2. The van der Waals surface area contributed by atoms with Gasteiger partial charge in [-0.2, -0.15) is 5.10 Å². The van der Waals surface area contributed by atoms with Crippen molar-refractivity contribution in [3.05, 3.63) is 87.8 Å². The lowest BCUT2D eigenvalue weighted by Gasteiger charge is -2.08. The molecule has 0 radical (unpaired) electrons. The van der Waals surface area contributed by atoms with Crippen molar-refractivity contribution in [1.29, 1.82) is 0 Å². The zero-order valence-electron chi connectivity index (χ0n) is 15.6. The molecule has 152 valence electrons. The number of aromatic nitrogens is 2. The minimum atomic E-state index is 0.350. The van der Waals surface area contributed by atoms with E-state index in [-0.39, 0.29) is 0 Å². The fourth-order valence-electron chi connectivity index (χ4n) is 2.74. The van der Waals surface area contributed by atoms with Gasteiger partial charge in [0.15, 0.2) is 5.96 Å².